The summed E-state index contributed by atoms with van der Waals surface area (Å²) in [6, 6.07) is -0.526. The van der Waals surface area contributed by atoms with Crippen molar-refractivity contribution in [2.45, 2.75) is 58.1 Å². The molecule has 2 fully saturated rings. The first-order chi connectivity index (χ1) is 10.8. The van der Waals surface area contributed by atoms with E-state index >= 15 is 0 Å². The van der Waals surface area contributed by atoms with Gasteiger partial charge in [-0.1, -0.05) is 13.8 Å². The maximum atomic E-state index is 14.2. The molecule has 4 aliphatic rings. The minimum absolute atomic E-state index is 0.0310. The van der Waals surface area contributed by atoms with E-state index in [4.69, 9.17) is 5.73 Å². The minimum Gasteiger partial charge on any atom is -0.513 e. The lowest BCUT2D eigenvalue weighted by molar-refractivity contribution is -0.137. The highest BCUT2D eigenvalue weighted by atomic mass is 19.1. The van der Waals surface area contributed by atoms with Gasteiger partial charge in [-0.2, -0.15) is 0 Å². The number of allylic oxidation sites excluding steroid dienone is 3. The van der Waals surface area contributed by atoms with Gasteiger partial charge < -0.3 is 15.9 Å². The van der Waals surface area contributed by atoms with Gasteiger partial charge in [0.1, 0.15) is 5.83 Å². The van der Waals surface area contributed by atoms with Crippen molar-refractivity contribution in [3.63, 3.8) is 0 Å². The molecule has 0 aromatic rings. The second kappa shape index (κ2) is 4.82. The molecule has 0 bridgehead atoms. The van der Waals surface area contributed by atoms with Crippen molar-refractivity contribution in [1.82, 2.24) is 0 Å². The second-order valence-corrected chi connectivity index (χ2v) is 8.86. The molecular weight excluding hydrogens is 293 g/mol. The van der Waals surface area contributed by atoms with Gasteiger partial charge in [-0.3, -0.25) is 0 Å². The van der Waals surface area contributed by atoms with Crippen LogP contribution >= 0.6 is 0 Å². The van der Waals surface area contributed by atoms with Gasteiger partial charge in [-0.25, -0.2) is 4.39 Å². The highest BCUT2D eigenvalue weighted by Crippen LogP contribution is 2.65. The van der Waals surface area contributed by atoms with Gasteiger partial charge in [0, 0.05) is 6.42 Å². The number of aliphatic hydroxyl groups is 2. The third kappa shape index (κ3) is 1.94. The summed E-state index contributed by atoms with van der Waals surface area (Å²) in [5.41, 5.74) is 5.98. The van der Waals surface area contributed by atoms with E-state index in [0.29, 0.717) is 18.1 Å². The fraction of sp³-hybridized carbons (Fsp3) is 0.789. The Morgan fingerprint density at radius 1 is 1.22 bits per heavy atom. The topological polar surface area (TPSA) is 66.5 Å². The predicted molar refractivity (Wildman–Crippen MR) is 87.1 cm³/mol. The third-order valence-electron chi connectivity index (χ3n) is 7.93. The lowest BCUT2D eigenvalue weighted by Gasteiger charge is -2.60. The monoisotopic (exact) mass is 321 g/mol. The SMILES string of the molecule is C[C@]12CC[C@H]3[C@@H]([C@@H](O)CC4C=C(O)CC[C@@]43C)[C@@H]1C=C(F)[C@@H]2N. The molecule has 8 atom stereocenters. The molecule has 0 aromatic carbocycles. The maximum Gasteiger partial charge on any atom is 0.114 e. The van der Waals surface area contributed by atoms with Crippen molar-refractivity contribution >= 4 is 0 Å². The van der Waals surface area contributed by atoms with Crippen LogP contribution in [0.5, 0.6) is 0 Å². The number of halogens is 1. The molecule has 0 amide bonds. The van der Waals surface area contributed by atoms with Crippen molar-refractivity contribution in [2.75, 3.05) is 0 Å². The summed E-state index contributed by atoms with van der Waals surface area (Å²) in [5.74, 6) is 0.978. The standard InChI is InChI=1S/C19H28FNO2/c1-18-5-3-11(22)7-10(18)8-15(23)16-12(18)4-6-19(2)13(16)9-14(20)17(19)21/h7,9-10,12-13,15-17,22-23H,3-6,8,21H2,1-2H3/t10?,12-,13-,15-,16+,17-,18-,19-/m0/s1. The minimum atomic E-state index is -0.526. The van der Waals surface area contributed by atoms with Crippen LogP contribution in [0.3, 0.4) is 0 Å². The first-order valence-electron chi connectivity index (χ1n) is 8.98. The molecular formula is C19H28FNO2. The normalized spacial score (nSPS) is 55.3. The molecule has 0 aliphatic heterocycles. The van der Waals surface area contributed by atoms with Crippen LogP contribution in [0.2, 0.25) is 0 Å². The molecule has 23 heavy (non-hydrogen) atoms. The summed E-state index contributed by atoms with van der Waals surface area (Å²) in [6.45, 7) is 4.40. The van der Waals surface area contributed by atoms with E-state index in [0.717, 1.165) is 25.7 Å². The van der Waals surface area contributed by atoms with E-state index in [1.54, 1.807) is 6.08 Å². The molecule has 2 saturated carbocycles. The lowest BCUT2D eigenvalue weighted by atomic mass is 9.45. The van der Waals surface area contributed by atoms with E-state index in [-0.39, 0.29) is 34.4 Å². The van der Waals surface area contributed by atoms with E-state index in [1.165, 1.54) is 0 Å². The van der Waals surface area contributed by atoms with Crippen LogP contribution in [-0.2, 0) is 0 Å². The summed E-state index contributed by atoms with van der Waals surface area (Å²) >= 11 is 0. The Balaban J connectivity index is 1.74. The number of rotatable bonds is 0. The number of hydrogen-bond donors (Lipinski definition) is 3. The van der Waals surface area contributed by atoms with Gasteiger partial charge in [0.15, 0.2) is 0 Å². The van der Waals surface area contributed by atoms with Crippen LogP contribution in [0.4, 0.5) is 4.39 Å². The number of hydrogen-bond acceptors (Lipinski definition) is 3. The van der Waals surface area contributed by atoms with E-state index in [2.05, 4.69) is 13.8 Å². The third-order valence-corrected chi connectivity index (χ3v) is 7.93. The fourth-order valence-corrected chi connectivity index (χ4v) is 6.35. The first-order valence-corrected chi connectivity index (χ1v) is 8.98. The van der Waals surface area contributed by atoms with Crippen molar-refractivity contribution < 1.29 is 14.6 Å². The summed E-state index contributed by atoms with van der Waals surface area (Å²) in [5, 5.41) is 20.8. The van der Waals surface area contributed by atoms with E-state index in [1.807, 2.05) is 6.08 Å². The van der Waals surface area contributed by atoms with Crippen molar-refractivity contribution in [1.29, 1.82) is 0 Å². The van der Waals surface area contributed by atoms with Crippen LogP contribution in [0.1, 0.15) is 46.0 Å². The van der Waals surface area contributed by atoms with Gasteiger partial charge in [0.25, 0.3) is 0 Å². The molecule has 128 valence electrons. The second-order valence-electron chi connectivity index (χ2n) is 8.86. The highest BCUT2D eigenvalue weighted by Gasteiger charge is 2.61. The van der Waals surface area contributed by atoms with Crippen LogP contribution in [0.15, 0.2) is 23.7 Å². The van der Waals surface area contributed by atoms with Crippen LogP contribution in [0, 0.1) is 34.5 Å². The van der Waals surface area contributed by atoms with Crippen LogP contribution < -0.4 is 5.73 Å². The fourth-order valence-electron chi connectivity index (χ4n) is 6.35. The molecule has 0 spiro atoms. The van der Waals surface area contributed by atoms with Crippen molar-refractivity contribution in [3.05, 3.63) is 23.7 Å². The zero-order valence-corrected chi connectivity index (χ0v) is 14.0. The van der Waals surface area contributed by atoms with E-state index in [9.17, 15) is 14.6 Å². The van der Waals surface area contributed by atoms with Crippen molar-refractivity contribution in [2.24, 2.45) is 40.2 Å². The summed E-state index contributed by atoms with van der Waals surface area (Å²) in [4.78, 5) is 0. The average Bonchev–Trinajstić information content (AvgIpc) is 2.73. The molecule has 0 heterocycles. The Morgan fingerprint density at radius 3 is 2.70 bits per heavy atom. The maximum absolute atomic E-state index is 14.2. The van der Waals surface area contributed by atoms with Crippen LogP contribution in [0.25, 0.3) is 0 Å². The zero-order valence-electron chi connectivity index (χ0n) is 14.0. The van der Waals surface area contributed by atoms with Gasteiger partial charge >= 0.3 is 0 Å². The summed E-state index contributed by atoms with van der Waals surface area (Å²) < 4.78 is 14.2. The van der Waals surface area contributed by atoms with Gasteiger partial charge in [0.2, 0.25) is 0 Å². The summed E-state index contributed by atoms with van der Waals surface area (Å²) in [6.07, 6.45) is 7.48. The molecule has 4 aliphatic carbocycles. The molecule has 4 N–H and O–H groups in total. The molecule has 3 nitrogen and oxygen atoms in total. The smallest absolute Gasteiger partial charge is 0.114 e. The first kappa shape index (κ1) is 15.6. The number of aliphatic hydroxyl groups excluding tert-OH is 2. The zero-order chi connectivity index (χ0) is 16.6. The number of fused-ring (bicyclic) bond motifs is 5. The highest BCUT2D eigenvalue weighted by molar-refractivity contribution is 5.26. The number of nitrogens with two attached hydrogens (primary N) is 1. The summed E-state index contributed by atoms with van der Waals surface area (Å²) in [7, 11) is 0. The Hall–Kier alpha value is -0.870. The quantitative estimate of drug-likeness (QED) is 0.640. The largest absolute Gasteiger partial charge is 0.513 e. The van der Waals surface area contributed by atoms with Gasteiger partial charge in [-0.05, 0) is 72.3 Å². The molecule has 1 unspecified atom stereocenters. The average molecular weight is 321 g/mol. The van der Waals surface area contributed by atoms with Gasteiger partial charge in [0.05, 0.1) is 17.9 Å². The van der Waals surface area contributed by atoms with E-state index < -0.39 is 12.1 Å². The molecule has 0 saturated heterocycles. The lowest BCUT2D eigenvalue weighted by Crippen LogP contribution is -2.58. The Morgan fingerprint density at radius 2 is 1.96 bits per heavy atom. The molecule has 0 radical (unpaired) electrons. The Bertz CT molecular complexity index is 588. The molecule has 4 heteroatoms. The molecule has 0 aromatic heterocycles. The Kier molecular flexibility index (Phi) is 3.28. The van der Waals surface area contributed by atoms with Gasteiger partial charge in [-0.15, -0.1) is 0 Å². The Labute approximate surface area is 137 Å². The predicted octanol–water partition coefficient (Wildman–Crippen LogP) is 3.45. The molecule has 4 rings (SSSR count). The van der Waals surface area contributed by atoms with Crippen molar-refractivity contribution in [3.8, 4) is 0 Å². The van der Waals surface area contributed by atoms with Crippen LogP contribution in [-0.4, -0.2) is 22.4 Å².